The van der Waals surface area contributed by atoms with Gasteiger partial charge in [0.25, 0.3) is 17.7 Å². The number of nitrogens with two attached hydrogens (primary N) is 1. The molecule has 2 saturated heterocycles. The molecule has 3 heterocycles. The molecule has 0 bridgehead atoms. The van der Waals surface area contributed by atoms with Crippen LogP contribution in [-0.2, 0) is 35.1 Å². The van der Waals surface area contributed by atoms with E-state index >= 15 is 0 Å². The summed E-state index contributed by atoms with van der Waals surface area (Å²) in [6, 6.07) is -2.83. The lowest BCUT2D eigenvalue weighted by Gasteiger charge is -2.33. The first kappa shape index (κ1) is 22.6. The Morgan fingerprint density at radius 1 is 1.35 bits per heavy atom. The number of rotatable bonds is 8. The third-order valence-corrected chi connectivity index (χ3v) is 5.32. The molecule has 0 radical (unpaired) electrons. The van der Waals surface area contributed by atoms with Crippen LogP contribution in [0.5, 0.6) is 0 Å². The second-order valence-corrected chi connectivity index (χ2v) is 7.58. The van der Waals surface area contributed by atoms with Crippen molar-refractivity contribution in [3.05, 3.63) is 18.2 Å². The second-order valence-electron chi connectivity index (χ2n) is 7.58. The number of imide groups is 3. The van der Waals surface area contributed by atoms with E-state index in [2.05, 4.69) is 15.3 Å². The van der Waals surface area contributed by atoms with Crippen LogP contribution >= 0.6 is 0 Å². The van der Waals surface area contributed by atoms with Crippen LogP contribution in [0.3, 0.4) is 0 Å². The normalized spacial score (nSPS) is 21.7. The van der Waals surface area contributed by atoms with Gasteiger partial charge in [-0.05, 0) is 19.4 Å². The van der Waals surface area contributed by atoms with Gasteiger partial charge < -0.3 is 20.8 Å². The quantitative estimate of drug-likeness (QED) is 0.240. The molecule has 4 N–H and O–H groups in total. The van der Waals surface area contributed by atoms with Gasteiger partial charge >= 0.3 is 5.97 Å². The highest BCUT2D eigenvalue weighted by Gasteiger charge is 2.45. The molecule has 3 rings (SSSR count). The molecular formula is C19H26N6O6. The number of β-lactam (4-membered cyclic amide) rings is 1. The Balaban J connectivity index is 1.75. The Hall–Kier alpha value is -3.12. The predicted octanol–water partition coefficient (Wildman–Crippen LogP) is -1.92. The molecule has 31 heavy (non-hydrogen) atoms. The molecule has 0 aromatic carbocycles. The van der Waals surface area contributed by atoms with Crippen molar-refractivity contribution in [3.63, 3.8) is 0 Å². The molecule has 2 aliphatic rings. The first-order valence-corrected chi connectivity index (χ1v) is 10.1. The molecule has 2 fully saturated rings. The first-order chi connectivity index (χ1) is 14.8. The fourth-order valence-corrected chi connectivity index (χ4v) is 3.70. The number of nitrogens with one attached hydrogen (secondary N) is 2. The van der Waals surface area contributed by atoms with Crippen LogP contribution < -0.4 is 11.1 Å². The van der Waals surface area contributed by atoms with E-state index < -0.39 is 41.8 Å². The minimum Gasteiger partial charge on any atom is -0.465 e. The molecule has 0 aliphatic carbocycles. The van der Waals surface area contributed by atoms with Gasteiger partial charge in [0.15, 0.2) is 0 Å². The molecule has 12 heteroatoms. The van der Waals surface area contributed by atoms with E-state index in [1.54, 1.807) is 11.1 Å². The van der Waals surface area contributed by atoms with Gasteiger partial charge in [0.2, 0.25) is 5.91 Å². The topological polar surface area (TPSA) is 168 Å². The van der Waals surface area contributed by atoms with Crippen LogP contribution in [0.2, 0.25) is 0 Å². The summed E-state index contributed by atoms with van der Waals surface area (Å²) in [7, 11) is 0. The zero-order valence-corrected chi connectivity index (χ0v) is 17.2. The molecule has 2 aliphatic heterocycles. The summed E-state index contributed by atoms with van der Waals surface area (Å²) in [5.41, 5.74) is 6.53. The Morgan fingerprint density at radius 2 is 2.10 bits per heavy atom. The second kappa shape index (κ2) is 9.79. The average Bonchev–Trinajstić information content (AvgIpc) is 3.37. The minimum absolute atomic E-state index is 0.0389. The van der Waals surface area contributed by atoms with Crippen molar-refractivity contribution >= 4 is 29.6 Å². The number of esters is 1. The molecular weight excluding hydrogens is 408 g/mol. The van der Waals surface area contributed by atoms with Crippen molar-refractivity contribution in [2.75, 3.05) is 19.7 Å². The van der Waals surface area contributed by atoms with Gasteiger partial charge in [-0.25, -0.2) is 9.88 Å². The van der Waals surface area contributed by atoms with E-state index in [0.29, 0.717) is 36.5 Å². The van der Waals surface area contributed by atoms with Crippen molar-refractivity contribution in [1.29, 1.82) is 0 Å². The van der Waals surface area contributed by atoms with Gasteiger partial charge in [0, 0.05) is 26.1 Å². The average molecular weight is 434 g/mol. The lowest BCUT2D eigenvalue weighted by Crippen LogP contribution is -2.64. The number of amides is 4. The molecule has 168 valence electrons. The fourth-order valence-electron chi connectivity index (χ4n) is 3.70. The molecule has 0 saturated carbocycles. The van der Waals surface area contributed by atoms with Crippen LogP contribution in [0.15, 0.2) is 12.5 Å². The molecule has 0 spiro atoms. The van der Waals surface area contributed by atoms with Gasteiger partial charge in [0.05, 0.1) is 30.5 Å². The van der Waals surface area contributed by atoms with E-state index in [1.807, 2.05) is 0 Å². The van der Waals surface area contributed by atoms with E-state index in [9.17, 15) is 24.0 Å². The predicted molar refractivity (Wildman–Crippen MR) is 105 cm³/mol. The Bertz CT molecular complexity index is 848. The van der Waals surface area contributed by atoms with Gasteiger partial charge in [-0.3, -0.25) is 28.9 Å². The number of ether oxygens (including phenoxy) is 1. The van der Waals surface area contributed by atoms with E-state index in [4.69, 9.17) is 10.5 Å². The number of imidazole rings is 1. The highest BCUT2D eigenvalue weighted by atomic mass is 16.5. The van der Waals surface area contributed by atoms with E-state index in [-0.39, 0.29) is 25.4 Å². The third kappa shape index (κ3) is 5.33. The summed E-state index contributed by atoms with van der Waals surface area (Å²) in [6.45, 7) is 2.25. The van der Waals surface area contributed by atoms with Crippen LogP contribution in [0.4, 0.5) is 0 Å². The first-order valence-electron chi connectivity index (χ1n) is 10.1. The number of hydrogen-bond acceptors (Lipinski definition) is 9. The molecule has 1 aromatic heterocycles. The van der Waals surface area contributed by atoms with Gasteiger partial charge in [-0.15, -0.1) is 0 Å². The van der Waals surface area contributed by atoms with Crippen LogP contribution in [-0.4, -0.2) is 87.2 Å². The lowest BCUT2D eigenvalue weighted by atomic mass is 10.0. The lowest BCUT2D eigenvalue weighted by molar-refractivity contribution is -0.160. The number of nitrogens with zero attached hydrogens (tertiary/aromatic N) is 3. The van der Waals surface area contributed by atoms with Crippen molar-refractivity contribution in [1.82, 2.24) is 25.1 Å². The number of aromatic nitrogens is 2. The summed E-state index contributed by atoms with van der Waals surface area (Å²) in [5.74, 6) is -3.08. The monoisotopic (exact) mass is 434 g/mol. The molecule has 1 aromatic rings. The molecule has 12 nitrogen and oxygen atoms in total. The zero-order chi connectivity index (χ0) is 22.5. The summed E-state index contributed by atoms with van der Waals surface area (Å²) in [4.78, 5) is 70.7. The molecule has 4 amide bonds. The van der Waals surface area contributed by atoms with Crippen molar-refractivity contribution in [2.45, 2.75) is 50.7 Å². The maximum atomic E-state index is 13.3. The zero-order valence-electron chi connectivity index (χ0n) is 17.2. The number of H-pyrrole nitrogens is 1. The van der Waals surface area contributed by atoms with Crippen LogP contribution in [0.1, 0.15) is 31.9 Å². The Labute approximate surface area is 178 Å². The van der Waals surface area contributed by atoms with Crippen molar-refractivity contribution < 1.29 is 28.7 Å². The SMILES string of the molecule is CC(=O)OCCN1CCC[C@H]1C(=O)N(C(=O)[C@@H]1CC(=O)N1)C(=O)[C@@H](N)Cc1c[nH]cn1. The smallest absolute Gasteiger partial charge is 0.302 e. The highest BCUT2D eigenvalue weighted by Crippen LogP contribution is 2.21. The largest absolute Gasteiger partial charge is 0.465 e. The van der Waals surface area contributed by atoms with Crippen molar-refractivity contribution in [3.8, 4) is 0 Å². The summed E-state index contributed by atoms with van der Waals surface area (Å²) < 4.78 is 4.94. The number of carbonyl (C=O) groups is 5. The summed E-state index contributed by atoms with van der Waals surface area (Å²) in [6.07, 6.45) is 4.08. The Kier molecular flexibility index (Phi) is 7.13. The maximum absolute atomic E-state index is 13.3. The Morgan fingerprint density at radius 3 is 2.71 bits per heavy atom. The van der Waals surface area contributed by atoms with Crippen LogP contribution in [0, 0.1) is 0 Å². The summed E-state index contributed by atoms with van der Waals surface area (Å²) >= 11 is 0. The van der Waals surface area contributed by atoms with Gasteiger partial charge in [-0.1, -0.05) is 0 Å². The van der Waals surface area contributed by atoms with E-state index in [1.165, 1.54) is 13.3 Å². The molecule has 0 unspecified atom stereocenters. The highest BCUT2D eigenvalue weighted by molar-refractivity contribution is 6.17. The fraction of sp³-hybridized carbons (Fsp3) is 0.579. The standard InChI is InChI=1S/C19H26N6O6/c1-11(26)31-6-5-24-4-2-3-15(24)19(30)25(18(29)14-8-16(27)23-14)17(28)13(20)7-12-9-21-10-22-12/h9-10,13-15H,2-8,20H2,1H3,(H,21,22)(H,23,27)/t13-,14-,15-/m0/s1. The summed E-state index contributed by atoms with van der Waals surface area (Å²) in [5, 5.41) is 2.40. The number of likely N-dealkylation sites (tertiary alicyclic amines) is 1. The number of aromatic amines is 1. The maximum Gasteiger partial charge on any atom is 0.302 e. The molecule has 3 atom stereocenters. The minimum atomic E-state index is -1.16. The van der Waals surface area contributed by atoms with Gasteiger partial charge in [-0.2, -0.15) is 0 Å². The third-order valence-electron chi connectivity index (χ3n) is 5.32. The van der Waals surface area contributed by atoms with Gasteiger partial charge in [0.1, 0.15) is 12.6 Å². The number of hydrogen-bond donors (Lipinski definition) is 3. The van der Waals surface area contributed by atoms with E-state index in [0.717, 1.165) is 0 Å². The van der Waals surface area contributed by atoms with Crippen molar-refractivity contribution in [2.24, 2.45) is 5.73 Å². The van der Waals surface area contributed by atoms with Crippen LogP contribution in [0.25, 0.3) is 0 Å². The number of carbonyl (C=O) groups excluding carboxylic acids is 5.